The summed E-state index contributed by atoms with van der Waals surface area (Å²) in [5, 5.41) is 3.21. The van der Waals surface area contributed by atoms with Gasteiger partial charge in [-0.1, -0.05) is 11.6 Å². The van der Waals surface area contributed by atoms with Crippen LogP contribution in [0.4, 0.5) is 5.69 Å². The van der Waals surface area contributed by atoms with Crippen LogP contribution in [0.2, 0.25) is 5.02 Å². The smallest absolute Gasteiger partial charge is 0.264 e. The second-order valence-corrected chi connectivity index (χ2v) is 10.3. The second-order valence-electron chi connectivity index (χ2n) is 6.87. The number of hydrogen-bond donors (Lipinski definition) is 1. The molecule has 0 fully saturated rings. The van der Waals surface area contributed by atoms with E-state index >= 15 is 0 Å². The predicted octanol–water partition coefficient (Wildman–Crippen LogP) is 4.58. The minimum Gasteiger partial charge on any atom is -0.494 e. The maximum Gasteiger partial charge on any atom is 0.264 e. The van der Waals surface area contributed by atoms with E-state index < -0.39 is 15.9 Å². The molecule has 176 valence electrons. The summed E-state index contributed by atoms with van der Waals surface area (Å²) in [5.74, 6) is 2.44. The number of anilines is 1. The Labute approximate surface area is 203 Å². The lowest BCUT2D eigenvalue weighted by Gasteiger charge is -2.24. The zero-order chi connectivity index (χ0) is 23.7. The first-order valence-electron chi connectivity index (χ1n) is 10.3. The predicted molar refractivity (Wildman–Crippen MR) is 131 cm³/mol. The van der Waals surface area contributed by atoms with Gasteiger partial charge in [-0.05, 0) is 67.6 Å². The molecule has 0 spiro atoms. The zero-order valence-electron chi connectivity index (χ0n) is 18.1. The molecule has 10 heteroatoms. The fourth-order valence-electron chi connectivity index (χ4n) is 2.94. The molecule has 1 heterocycles. The first-order chi connectivity index (χ1) is 15.9. The molecule has 0 aliphatic carbocycles. The van der Waals surface area contributed by atoms with Crippen molar-refractivity contribution in [1.82, 2.24) is 5.32 Å². The van der Waals surface area contributed by atoms with Gasteiger partial charge in [0.15, 0.2) is 0 Å². The van der Waals surface area contributed by atoms with Crippen LogP contribution < -0.4 is 14.4 Å². The van der Waals surface area contributed by atoms with Crippen LogP contribution in [0.25, 0.3) is 0 Å². The van der Waals surface area contributed by atoms with E-state index in [2.05, 4.69) is 5.32 Å². The molecule has 0 unspecified atom stereocenters. The van der Waals surface area contributed by atoms with E-state index in [0.29, 0.717) is 41.1 Å². The summed E-state index contributed by atoms with van der Waals surface area (Å²) < 4.78 is 38.5. The molecule has 0 aliphatic rings. The van der Waals surface area contributed by atoms with E-state index in [-0.39, 0.29) is 11.4 Å². The number of carbonyl (C=O) groups excluding carboxylic acids is 1. The highest BCUT2D eigenvalue weighted by Gasteiger charge is 2.27. The Morgan fingerprint density at radius 3 is 2.48 bits per heavy atom. The van der Waals surface area contributed by atoms with Crippen molar-refractivity contribution in [2.75, 3.05) is 29.8 Å². The molecular weight excluding hydrogens is 484 g/mol. The highest BCUT2D eigenvalue weighted by molar-refractivity contribution is 7.98. The van der Waals surface area contributed by atoms with Crippen molar-refractivity contribution in [2.24, 2.45) is 0 Å². The van der Waals surface area contributed by atoms with Crippen LogP contribution in [0.3, 0.4) is 0 Å². The van der Waals surface area contributed by atoms with E-state index in [1.165, 1.54) is 24.3 Å². The Morgan fingerprint density at radius 1 is 1.12 bits per heavy atom. The molecule has 2 aromatic carbocycles. The molecular formula is C23H25ClN2O5S2. The first-order valence-corrected chi connectivity index (χ1v) is 13.3. The number of sulfonamides is 1. The maximum absolute atomic E-state index is 13.4. The van der Waals surface area contributed by atoms with Crippen molar-refractivity contribution < 1.29 is 22.4 Å². The molecule has 1 amide bonds. The number of benzene rings is 2. The second kappa shape index (κ2) is 12.0. The van der Waals surface area contributed by atoms with Crippen LogP contribution >= 0.6 is 23.4 Å². The van der Waals surface area contributed by atoms with E-state index in [4.69, 9.17) is 20.8 Å². The van der Waals surface area contributed by atoms with Gasteiger partial charge in [-0.2, -0.15) is 11.8 Å². The summed E-state index contributed by atoms with van der Waals surface area (Å²) >= 11 is 7.52. The van der Waals surface area contributed by atoms with Gasteiger partial charge < -0.3 is 14.5 Å². The van der Waals surface area contributed by atoms with Gasteiger partial charge >= 0.3 is 0 Å². The van der Waals surface area contributed by atoms with Crippen LogP contribution in [0, 0.1) is 0 Å². The molecule has 0 aliphatic heterocycles. The quantitative estimate of drug-likeness (QED) is 0.360. The van der Waals surface area contributed by atoms with Gasteiger partial charge in [0.2, 0.25) is 5.91 Å². The maximum atomic E-state index is 13.4. The Morgan fingerprint density at radius 2 is 1.85 bits per heavy atom. The molecule has 0 saturated heterocycles. The van der Waals surface area contributed by atoms with Crippen LogP contribution in [0.1, 0.15) is 12.7 Å². The first kappa shape index (κ1) is 25.0. The van der Waals surface area contributed by atoms with Crippen LogP contribution in [0.15, 0.2) is 76.2 Å². The largest absolute Gasteiger partial charge is 0.494 e. The van der Waals surface area contributed by atoms with Crippen LogP contribution in [-0.2, 0) is 20.6 Å². The normalized spacial score (nSPS) is 11.2. The number of furan rings is 1. The van der Waals surface area contributed by atoms with E-state index in [9.17, 15) is 13.2 Å². The highest BCUT2D eigenvalue weighted by atomic mass is 35.5. The number of halogens is 1. The fourth-order valence-corrected chi connectivity index (χ4v) is 5.24. The Bertz CT molecular complexity index is 1120. The van der Waals surface area contributed by atoms with Gasteiger partial charge in [-0.3, -0.25) is 9.10 Å². The van der Waals surface area contributed by atoms with Crippen molar-refractivity contribution in [3.05, 3.63) is 77.7 Å². The minimum absolute atomic E-state index is 0.0441. The number of amides is 1. The summed E-state index contributed by atoms with van der Waals surface area (Å²) in [4.78, 5) is 12.7. The Hall–Kier alpha value is -2.62. The number of ether oxygens (including phenoxy) is 1. The van der Waals surface area contributed by atoms with Gasteiger partial charge in [0, 0.05) is 17.3 Å². The number of rotatable bonds is 12. The lowest BCUT2D eigenvalue weighted by molar-refractivity contribution is -0.119. The topological polar surface area (TPSA) is 88.8 Å². The van der Waals surface area contributed by atoms with Crippen molar-refractivity contribution in [3.63, 3.8) is 0 Å². The molecule has 0 atom stereocenters. The summed E-state index contributed by atoms with van der Waals surface area (Å²) in [6, 6.07) is 16.1. The summed E-state index contributed by atoms with van der Waals surface area (Å²) in [6.07, 6.45) is 1.62. The number of nitrogens with zero attached hydrogens (tertiary/aromatic N) is 1. The molecule has 1 aromatic heterocycles. The van der Waals surface area contributed by atoms with Gasteiger partial charge in [0.1, 0.15) is 18.1 Å². The molecule has 7 nitrogen and oxygen atoms in total. The SMILES string of the molecule is CCOc1ccc(N(CC(=O)NCCSCc2ccco2)S(=O)(=O)c2ccc(Cl)cc2)cc1. The summed E-state index contributed by atoms with van der Waals surface area (Å²) in [6.45, 7) is 2.40. The van der Waals surface area contributed by atoms with Gasteiger partial charge in [0.25, 0.3) is 10.0 Å². The average Bonchev–Trinajstić information content (AvgIpc) is 3.32. The van der Waals surface area contributed by atoms with Crippen molar-refractivity contribution in [2.45, 2.75) is 17.6 Å². The average molecular weight is 509 g/mol. The number of hydrogen-bond acceptors (Lipinski definition) is 6. The number of thioether (sulfide) groups is 1. The standard InChI is InChI=1S/C23H25ClN2O5S2/c1-2-30-20-9-7-19(8-10-20)26(33(28,29)22-11-5-18(24)6-12-22)16-23(27)25-13-15-32-17-21-4-3-14-31-21/h3-12,14H,2,13,15-17H2,1H3,(H,25,27). The van der Waals surface area contributed by atoms with Crippen molar-refractivity contribution in [3.8, 4) is 5.75 Å². The lowest BCUT2D eigenvalue weighted by Crippen LogP contribution is -2.41. The fraction of sp³-hybridized carbons (Fsp3) is 0.261. The zero-order valence-corrected chi connectivity index (χ0v) is 20.5. The van der Waals surface area contributed by atoms with Gasteiger partial charge in [-0.25, -0.2) is 8.42 Å². The third-order valence-electron chi connectivity index (χ3n) is 4.52. The van der Waals surface area contributed by atoms with Gasteiger partial charge in [-0.15, -0.1) is 0 Å². The van der Waals surface area contributed by atoms with Gasteiger partial charge in [0.05, 0.1) is 29.2 Å². The highest BCUT2D eigenvalue weighted by Crippen LogP contribution is 2.26. The molecule has 1 N–H and O–H groups in total. The number of carbonyl (C=O) groups is 1. The molecule has 0 saturated carbocycles. The molecule has 33 heavy (non-hydrogen) atoms. The third-order valence-corrected chi connectivity index (χ3v) is 7.54. The Balaban J connectivity index is 1.69. The third kappa shape index (κ3) is 7.18. The summed E-state index contributed by atoms with van der Waals surface area (Å²) in [7, 11) is -4.00. The summed E-state index contributed by atoms with van der Waals surface area (Å²) in [5.41, 5.74) is 0.357. The minimum atomic E-state index is -4.00. The van der Waals surface area contributed by atoms with E-state index in [0.717, 1.165) is 10.1 Å². The lowest BCUT2D eigenvalue weighted by atomic mass is 10.3. The van der Waals surface area contributed by atoms with E-state index in [1.54, 1.807) is 42.3 Å². The van der Waals surface area contributed by atoms with Crippen molar-refractivity contribution in [1.29, 1.82) is 0 Å². The number of nitrogens with one attached hydrogen (secondary N) is 1. The molecule has 0 bridgehead atoms. The van der Waals surface area contributed by atoms with Crippen molar-refractivity contribution >= 4 is 45.0 Å². The molecule has 0 radical (unpaired) electrons. The van der Waals surface area contributed by atoms with E-state index in [1.807, 2.05) is 19.1 Å². The molecule has 3 aromatic rings. The van der Waals surface area contributed by atoms with Crippen LogP contribution in [-0.4, -0.2) is 39.8 Å². The Kier molecular flexibility index (Phi) is 9.11. The monoisotopic (exact) mass is 508 g/mol. The molecule has 3 rings (SSSR count). The van der Waals surface area contributed by atoms with Crippen LogP contribution in [0.5, 0.6) is 5.75 Å².